The predicted molar refractivity (Wildman–Crippen MR) is 94.5 cm³/mol. The van der Waals surface area contributed by atoms with Crippen molar-refractivity contribution in [3.05, 3.63) is 78.4 Å². The highest BCUT2D eigenvalue weighted by atomic mass is 32.2. The maximum Gasteiger partial charge on any atom is 0.206 e. The summed E-state index contributed by atoms with van der Waals surface area (Å²) in [6.45, 7) is 0. The maximum atomic E-state index is 12.5. The van der Waals surface area contributed by atoms with Crippen LogP contribution in [0.25, 0.3) is 0 Å². The lowest BCUT2D eigenvalue weighted by Crippen LogP contribution is -2.01. The maximum absolute atomic E-state index is 12.5. The molecule has 0 saturated carbocycles. The Labute approximate surface area is 146 Å². The molecule has 25 heavy (non-hydrogen) atoms. The summed E-state index contributed by atoms with van der Waals surface area (Å²) >= 11 is 0. The van der Waals surface area contributed by atoms with E-state index in [1.165, 1.54) is 36.4 Å². The summed E-state index contributed by atoms with van der Waals surface area (Å²) in [7, 11) is -3.64. The van der Waals surface area contributed by atoms with Gasteiger partial charge in [-0.1, -0.05) is 5.92 Å². The molecule has 4 nitrogen and oxygen atoms in total. The minimum Gasteiger partial charge on any atom is -0.508 e. The van der Waals surface area contributed by atoms with Crippen molar-refractivity contribution in [2.24, 2.45) is 0 Å². The van der Waals surface area contributed by atoms with Crippen LogP contribution in [0.5, 0.6) is 17.2 Å². The molecule has 0 unspecified atom stereocenters. The monoisotopic (exact) mass is 350 g/mol. The van der Waals surface area contributed by atoms with Gasteiger partial charge in [0.25, 0.3) is 0 Å². The Kier molecular flexibility index (Phi) is 4.46. The van der Waals surface area contributed by atoms with Gasteiger partial charge in [0, 0.05) is 5.56 Å². The Balaban J connectivity index is 1.81. The molecule has 3 rings (SSSR count). The van der Waals surface area contributed by atoms with Crippen LogP contribution in [-0.4, -0.2) is 13.5 Å². The van der Waals surface area contributed by atoms with E-state index in [2.05, 4.69) is 5.92 Å². The van der Waals surface area contributed by atoms with Crippen LogP contribution in [0.2, 0.25) is 0 Å². The molecule has 0 amide bonds. The van der Waals surface area contributed by atoms with E-state index in [0.717, 1.165) is 5.56 Å². The van der Waals surface area contributed by atoms with Gasteiger partial charge in [-0.15, -0.1) is 6.42 Å². The lowest BCUT2D eigenvalue weighted by Gasteiger charge is -2.08. The van der Waals surface area contributed by atoms with Crippen LogP contribution in [0, 0.1) is 12.3 Å². The van der Waals surface area contributed by atoms with Crippen molar-refractivity contribution in [3.63, 3.8) is 0 Å². The molecular weight excluding hydrogens is 336 g/mol. The van der Waals surface area contributed by atoms with Crippen LogP contribution in [0.15, 0.2) is 82.6 Å². The number of hydrogen-bond acceptors (Lipinski definition) is 4. The van der Waals surface area contributed by atoms with E-state index in [9.17, 15) is 13.5 Å². The average Bonchev–Trinajstić information content (AvgIpc) is 2.63. The number of phenols is 1. The third-order valence-corrected chi connectivity index (χ3v) is 5.32. The Hall–Kier alpha value is -3.23. The summed E-state index contributed by atoms with van der Waals surface area (Å²) in [5.74, 6) is 3.65. The smallest absolute Gasteiger partial charge is 0.206 e. The van der Waals surface area contributed by atoms with Gasteiger partial charge in [-0.05, 0) is 72.8 Å². The van der Waals surface area contributed by atoms with Crippen LogP contribution >= 0.6 is 0 Å². The van der Waals surface area contributed by atoms with E-state index in [0.29, 0.717) is 11.5 Å². The zero-order valence-corrected chi connectivity index (χ0v) is 13.9. The van der Waals surface area contributed by atoms with Gasteiger partial charge in [0.1, 0.15) is 17.2 Å². The molecule has 0 fully saturated rings. The van der Waals surface area contributed by atoms with Crippen LogP contribution in [0.4, 0.5) is 0 Å². The molecule has 1 N–H and O–H groups in total. The first-order valence-corrected chi connectivity index (χ1v) is 8.86. The second-order valence-corrected chi connectivity index (χ2v) is 7.19. The Morgan fingerprint density at radius 2 is 1.20 bits per heavy atom. The van der Waals surface area contributed by atoms with Crippen molar-refractivity contribution < 1.29 is 18.3 Å². The molecule has 0 aliphatic rings. The first-order valence-electron chi connectivity index (χ1n) is 7.38. The molecular formula is C20H14O4S. The van der Waals surface area contributed by atoms with Gasteiger partial charge in [-0.2, -0.15) is 0 Å². The van der Waals surface area contributed by atoms with Crippen molar-refractivity contribution in [3.8, 4) is 29.6 Å². The number of rotatable bonds is 4. The van der Waals surface area contributed by atoms with Crippen molar-refractivity contribution in [1.82, 2.24) is 0 Å². The van der Waals surface area contributed by atoms with Gasteiger partial charge in [-0.25, -0.2) is 8.42 Å². The Morgan fingerprint density at radius 3 is 1.68 bits per heavy atom. The number of sulfone groups is 1. The Morgan fingerprint density at radius 1 is 0.760 bits per heavy atom. The molecule has 0 spiro atoms. The topological polar surface area (TPSA) is 63.6 Å². The lowest BCUT2D eigenvalue weighted by atomic mass is 10.2. The quantitative estimate of drug-likeness (QED) is 0.723. The molecule has 0 aromatic heterocycles. The number of aromatic hydroxyl groups is 1. The second kappa shape index (κ2) is 6.71. The van der Waals surface area contributed by atoms with E-state index < -0.39 is 9.84 Å². The summed E-state index contributed by atoms with van der Waals surface area (Å²) in [5, 5.41) is 9.28. The van der Waals surface area contributed by atoms with Crippen molar-refractivity contribution in [2.45, 2.75) is 9.79 Å². The predicted octanol–water partition coefficient (Wildman–Crippen LogP) is 4.00. The highest BCUT2D eigenvalue weighted by Crippen LogP contribution is 2.26. The molecule has 3 aromatic carbocycles. The van der Waals surface area contributed by atoms with Crippen LogP contribution in [0.3, 0.4) is 0 Å². The van der Waals surface area contributed by atoms with Crippen LogP contribution in [-0.2, 0) is 9.84 Å². The summed E-state index contributed by atoms with van der Waals surface area (Å²) in [6.07, 6.45) is 5.30. The zero-order chi connectivity index (χ0) is 17.9. The fourth-order valence-electron chi connectivity index (χ4n) is 2.20. The molecule has 0 saturated heterocycles. The minimum atomic E-state index is -3.64. The molecule has 5 heteroatoms. The van der Waals surface area contributed by atoms with Crippen molar-refractivity contribution >= 4 is 9.84 Å². The second-order valence-electron chi connectivity index (χ2n) is 5.24. The standard InChI is InChI=1S/C20H14O4S/c1-2-15-3-7-17(8-4-15)24-18-9-13-20(14-10-18)25(22,23)19-11-5-16(21)6-12-19/h1,3-14,21H. The molecule has 0 aliphatic heterocycles. The van der Waals surface area contributed by atoms with Gasteiger partial charge in [0.2, 0.25) is 9.84 Å². The first-order chi connectivity index (χ1) is 12.0. The van der Waals surface area contributed by atoms with Gasteiger partial charge in [0.15, 0.2) is 0 Å². The van der Waals surface area contributed by atoms with E-state index >= 15 is 0 Å². The highest BCUT2D eigenvalue weighted by molar-refractivity contribution is 7.91. The highest BCUT2D eigenvalue weighted by Gasteiger charge is 2.17. The van der Waals surface area contributed by atoms with Crippen molar-refractivity contribution in [1.29, 1.82) is 0 Å². The third kappa shape index (κ3) is 3.65. The molecule has 0 heterocycles. The SMILES string of the molecule is C#Cc1ccc(Oc2ccc(S(=O)(=O)c3ccc(O)cc3)cc2)cc1. The number of phenolic OH excluding ortho intramolecular Hbond substituents is 1. The molecule has 0 atom stereocenters. The number of terminal acetylenes is 1. The van der Waals surface area contributed by atoms with E-state index in [-0.39, 0.29) is 15.5 Å². The van der Waals surface area contributed by atoms with E-state index in [4.69, 9.17) is 11.2 Å². The van der Waals surface area contributed by atoms with Gasteiger partial charge in [-0.3, -0.25) is 0 Å². The third-order valence-electron chi connectivity index (χ3n) is 3.54. The normalized spacial score (nSPS) is 10.8. The summed E-state index contributed by atoms with van der Waals surface area (Å²) in [6, 6.07) is 18.6. The van der Waals surface area contributed by atoms with E-state index in [1.54, 1.807) is 36.4 Å². The largest absolute Gasteiger partial charge is 0.508 e. The van der Waals surface area contributed by atoms with Gasteiger partial charge >= 0.3 is 0 Å². The molecule has 0 aliphatic carbocycles. The van der Waals surface area contributed by atoms with Crippen LogP contribution in [0.1, 0.15) is 5.56 Å². The number of ether oxygens (including phenoxy) is 1. The van der Waals surface area contributed by atoms with E-state index in [1.807, 2.05) is 0 Å². The molecule has 0 radical (unpaired) electrons. The molecule has 0 bridgehead atoms. The lowest BCUT2D eigenvalue weighted by molar-refractivity contribution is 0.475. The Bertz CT molecular complexity index is 1010. The van der Waals surface area contributed by atoms with Gasteiger partial charge in [0.05, 0.1) is 9.79 Å². The number of hydrogen-bond donors (Lipinski definition) is 1. The van der Waals surface area contributed by atoms with Crippen LogP contribution < -0.4 is 4.74 Å². The summed E-state index contributed by atoms with van der Waals surface area (Å²) in [4.78, 5) is 0.261. The molecule has 124 valence electrons. The fraction of sp³-hybridized carbons (Fsp3) is 0. The van der Waals surface area contributed by atoms with Gasteiger partial charge < -0.3 is 9.84 Å². The number of benzene rings is 3. The fourth-order valence-corrected chi connectivity index (χ4v) is 3.46. The summed E-state index contributed by atoms with van der Waals surface area (Å²) < 4.78 is 30.8. The molecule has 3 aromatic rings. The first kappa shape index (κ1) is 16.6. The average molecular weight is 350 g/mol. The van der Waals surface area contributed by atoms with Crippen molar-refractivity contribution in [2.75, 3.05) is 0 Å². The zero-order valence-electron chi connectivity index (χ0n) is 13.1. The summed E-state index contributed by atoms with van der Waals surface area (Å²) in [5.41, 5.74) is 0.752. The minimum absolute atomic E-state index is 0.0125.